The van der Waals surface area contributed by atoms with Crippen LogP contribution in [0.4, 0.5) is 0 Å². The van der Waals surface area contributed by atoms with Crippen LogP contribution in [-0.2, 0) is 6.42 Å². The third-order valence-electron chi connectivity index (χ3n) is 5.03. The number of rotatable bonds is 2. The van der Waals surface area contributed by atoms with Crippen LogP contribution in [-0.4, -0.2) is 29.2 Å². The monoisotopic (exact) mass is 329 g/mol. The molecule has 0 bridgehead atoms. The molecule has 1 aromatic rings. The Balaban J connectivity index is 1.67. The molecule has 126 valence electrons. The summed E-state index contributed by atoms with van der Waals surface area (Å²) in [5.74, 6) is 1.70. The van der Waals surface area contributed by atoms with Crippen LogP contribution in [0.3, 0.4) is 0 Å². The predicted octanol–water partition coefficient (Wildman–Crippen LogP) is 2.97. The molecule has 0 N–H and O–H groups in total. The highest BCUT2D eigenvalue weighted by Gasteiger charge is 2.33. The molecule has 2 aliphatic heterocycles. The zero-order chi connectivity index (χ0) is 16.7. The van der Waals surface area contributed by atoms with Crippen molar-refractivity contribution in [3.05, 3.63) is 33.4 Å². The van der Waals surface area contributed by atoms with Crippen molar-refractivity contribution in [1.29, 1.82) is 0 Å². The van der Waals surface area contributed by atoms with Crippen LogP contribution in [0.2, 0.25) is 0 Å². The molecule has 0 saturated heterocycles. The minimum absolute atomic E-state index is 0.153. The van der Waals surface area contributed by atoms with Gasteiger partial charge in [-0.2, -0.15) is 10.2 Å². The summed E-state index contributed by atoms with van der Waals surface area (Å²) in [5, 5.41) is 19.8. The molecule has 24 heavy (non-hydrogen) atoms. The number of hydrogen-bond donors (Lipinski definition) is 0. The SMILES string of the molecule is CC1=NN=C(C2CCC([N+](=O)[O-])CC2)c2cc3c(cc2C1)OCO3. The fourth-order valence-corrected chi connectivity index (χ4v) is 3.73. The van der Waals surface area contributed by atoms with Crippen molar-refractivity contribution in [1.82, 2.24) is 0 Å². The summed E-state index contributed by atoms with van der Waals surface area (Å²) < 4.78 is 11.0. The van der Waals surface area contributed by atoms with Gasteiger partial charge in [-0.15, -0.1) is 0 Å². The molecule has 1 aliphatic carbocycles. The Labute approximate surface area is 139 Å². The molecule has 1 aromatic carbocycles. The smallest absolute Gasteiger partial charge is 0.231 e. The Morgan fingerprint density at radius 3 is 2.54 bits per heavy atom. The summed E-state index contributed by atoms with van der Waals surface area (Å²) >= 11 is 0. The van der Waals surface area contributed by atoms with Crippen molar-refractivity contribution in [2.75, 3.05) is 6.79 Å². The first-order valence-corrected chi connectivity index (χ1v) is 8.29. The second kappa shape index (κ2) is 5.89. The third-order valence-corrected chi connectivity index (χ3v) is 5.03. The molecule has 1 fully saturated rings. The van der Waals surface area contributed by atoms with Gasteiger partial charge in [0.25, 0.3) is 0 Å². The highest BCUT2D eigenvalue weighted by atomic mass is 16.7. The Morgan fingerprint density at radius 2 is 1.83 bits per heavy atom. The lowest BCUT2D eigenvalue weighted by molar-refractivity contribution is -0.526. The van der Waals surface area contributed by atoms with E-state index in [4.69, 9.17) is 9.47 Å². The standard InChI is InChI=1S/C17H19N3O4/c1-10-6-12-7-15-16(24-9-23-15)8-14(12)17(19-18-10)11-2-4-13(5-3-11)20(21)22/h7-8,11,13H,2-6,9H2,1H3. The van der Waals surface area contributed by atoms with Crippen LogP contribution < -0.4 is 9.47 Å². The van der Waals surface area contributed by atoms with Crippen molar-refractivity contribution < 1.29 is 14.4 Å². The van der Waals surface area contributed by atoms with E-state index in [0.29, 0.717) is 12.8 Å². The zero-order valence-corrected chi connectivity index (χ0v) is 13.5. The maximum absolute atomic E-state index is 11.0. The molecule has 4 rings (SSSR count). The first kappa shape index (κ1) is 15.1. The molecule has 2 heterocycles. The van der Waals surface area contributed by atoms with E-state index >= 15 is 0 Å². The van der Waals surface area contributed by atoms with Gasteiger partial charge in [-0.1, -0.05) is 0 Å². The first-order valence-electron chi connectivity index (χ1n) is 8.29. The molecule has 0 atom stereocenters. The lowest BCUT2D eigenvalue weighted by Crippen LogP contribution is -2.30. The van der Waals surface area contributed by atoms with Crippen molar-refractivity contribution in [2.45, 2.75) is 45.1 Å². The number of benzene rings is 1. The average Bonchev–Trinajstić information content (AvgIpc) is 2.96. The van der Waals surface area contributed by atoms with Crippen molar-refractivity contribution in [3.63, 3.8) is 0 Å². The van der Waals surface area contributed by atoms with Crippen molar-refractivity contribution in [3.8, 4) is 11.5 Å². The van der Waals surface area contributed by atoms with E-state index in [0.717, 1.165) is 53.3 Å². The van der Waals surface area contributed by atoms with Gasteiger partial charge in [0, 0.05) is 41.4 Å². The fraction of sp³-hybridized carbons (Fsp3) is 0.529. The van der Waals surface area contributed by atoms with E-state index in [1.807, 2.05) is 19.1 Å². The van der Waals surface area contributed by atoms with Crippen LogP contribution in [0.1, 0.15) is 43.7 Å². The molecule has 3 aliphatic rings. The predicted molar refractivity (Wildman–Crippen MR) is 88.7 cm³/mol. The summed E-state index contributed by atoms with van der Waals surface area (Å²) in [6.45, 7) is 2.20. The first-order chi connectivity index (χ1) is 11.6. The number of fused-ring (bicyclic) bond motifs is 2. The maximum atomic E-state index is 11.0. The van der Waals surface area contributed by atoms with Crippen molar-refractivity contribution >= 4 is 11.4 Å². The van der Waals surface area contributed by atoms with E-state index in [1.165, 1.54) is 0 Å². The maximum Gasteiger partial charge on any atom is 0.231 e. The van der Waals surface area contributed by atoms with E-state index < -0.39 is 6.04 Å². The summed E-state index contributed by atoms with van der Waals surface area (Å²) in [4.78, 5) is 10.8. The molecular weight excluding hydrogens is 310 g/mol. The average molecular weight is 329 g/mol. The second-order valence-electron chi connectivity index (χ2n) is 6.65. The third kappa shape index (κ3) is 2.64. The minimum atomic E-state index is -0.422. The van der Waals surface area contributed by atoms with Gasteiger partial charge in [0.2, 0.25) is 12.8 Å². The number of nitro groups is 1. The number of nitrogens with zero attached hydrogens (tertiary/aromatic N) is 3. The van der Waals surface area contributed by atoms with E-state index in [-0.39, 0.29) is 17.6 Å². The van der Waals surface area contributed by atoms with E-state index in [2.05, 4.69) is 10.2 Å². The van der Waals surface area contributed by atoms with Crippen molar-refractivity contribution in [2.24, 2.45) is 16.1 Å². The Kier molecular flexibility index (Phi) is 3.70. The topological polar surface area (TPSA) is 86.3 Å². The molecule has 0 spiro atoms. The Morgan fingerprint density at radius 1 is 1.12 bits per heavy atom. The lowest BCUT2D eigenvalue weighted by atomic mass is 9.80. The van der Waals surface area contributed by atoms with E-state index in [9.17, 15) is 10.1 Å². The van der Waals surface area contributed by atoms with Gasteiger partial charge in [-0.3, -0.25) is 10.1 Å². The lowest BCUT2D eigenvalue weighted by Gasteiger charge is -2.25. The molecular formula is C17H19N3O4. The van der Waals surface area contributed by atoms with Gasteiger partial charge in [0.15, 0.2) is 11.5 Å². The zero-order valence-electron chi connectivity index (χ0n) is 13.5. The summed E-state index contributed by atoms with van der Waals surface area (Å²) in [5.41, 5.74) is 4.06. The van der Waals surface area contributed by atoms with Crippen LogP contribution in [0, 0.1) is 16.0 Å². The van der Waals surface area contributed by atoms with Crippen LogP contribution in [0.15, 0.2) is 22.3 Å². The normalized spacial score (nSPS) is 25.4. The number of ether oxygens (including phenoxy) is 2. The summed E-state index contributed by atoms with van der Waals surface area (Å²) in [6.07, 6.45) is 3.46. The highest BCUT2D eigenvalue weighted by Crippen LogP contribution is 2.38. The molecule has 7 heteroatoms. The minimum Gasteiger partial charge on any atom is -0.454 e. The van der Waals surface area contributed by atoms with Gasteiger partial charge in [-0.25, -0.2) is 0 Å². The van der Waals surface area contributed by atoms with Gasteiger partial charge < -0.3 is 9.47 Å². The van der Waals surface area contributed by atoms with Crippen LogP contribution >= 0.6 is 0 Å². The largest absolute Gasteiger partial charge is 0.454 e. The molecule has 0 unspecified atom stereocenters. The summed E-state index contributed by atoms with van der Waals surface area (Å²) in [7, 11) is 0. The molecule has 1 saturated carbocycles. The molecule has 0 amide bonds. The second-order valence-corrected chi connectivity index (χ2v) is 6.65. The fourth-order valence-electron chi connectivity index (χ4n) is 3.73. The molecule has 0 aromatic heterocycles. The molecule has 0 radical (unpaired) electrons. The number of hydrogen-bond acceptors (Lipinski definition) is 6. The van der Waals surface area contributed by atoms with E-state index in [1.54, 1.807) is 0 Å². The van der Waals surface area contributed by atoms with Crippen LogP contribution in [0.5, 0.6) is 11.5 Å². The van der Waals surface area contributed by atoms with Gasteiger partial charge in [0.05, 0.1) is 5.71 Å². The van der Waals surface area contributed by atoms with Gasteiger partial charge >= 0.3 is 0 Å². The van der Waals surface area contributed by atoms with Crippen LogP contribution in [0.25, 0.3) is 0 Å². The summed E-state index contributed by atoms with van der Waals surface area (Å²) in [6, 6.07) is 3.58. The molecule has 7 nitrogen and oxygen atoms in total. The van der Waals surface area contributed by atoms with Gasteiger partial charge in [0.1, 0.15) is 0 Å². The highest BCUT2D eigenvalue weighted by molar-refractivity contribution is 6.06. The van der Waals surface area contributed by atoms with Gasteiger partial charge in [-0.05, 0) is 37.5 Å². The Bertz CT molecular complexity index is 748. The Hall–Kier alpha value is -2.44. The quantitative estimate of drug-likeness (QED) is 0.616.